The lowest BCUT2D eigenvalue weighted by molar-refractivity contribution is 0.0902. The van der Waals surface area contributed by atoms with E-state index in [1.165, 1.54) is 12.0 Å². The van der Waals surface area contributed by atoms with Crippen molar-refractivity contribution in [2.24, 2.45) is 0 Å². The number of aliphatic hydroxyl groups is 1. The largest absolute Gasteiger partial charge is 0.392 e. The van der Waals surface area contributed by atoms with Gasteiger partial charge in [-0.05, 0) is 33.6 Å². The fourth-order valence-corrected chi connectivity index (χ4v) is 2.42. The first-order chi connectivity index (χ1) is 8.47. The summed E-state index contributed by atoms with van der Waals surface area (Å²) in [5, 5.41) is 17.7. The minimum absolute atomic E-state index is 0.0304. The zero-order valence-electron chi connectivity index (χ0n) is 11.7. The molecule has 2 rings (SSSR count). The number of hydrogen-bond donors (Lipinski definition) is 2. The van der Waals surface area contributed by atoms with Crippen LogP contribution in [0.3, 0.4) is 0 Å². The number of aromatic nitrogens is 2. The molecule has 0 aliphatic heterocycles. The monoisotopic (exact) mass is 251 g/mol. The maximum absolute atomic E-state index is 9.90. The normalized spacial score (nSPS) is 25.3. The van der Waals surface area contributed by atoms with E-state index in [2.05, 4.69) is 37.4 Å². The van der Waals surface area contributed by atoms with Crippen LogP contribution in [-0.4, -0.2) is 27.0 Å². The van der Waals surface area contributed by atoms with Crippen molar-refractivity contribution in [3.8, 4) is 0 Å². The third kappa shape index (κ3) is 3.33. The highest BCUT2D eigenvalue weighted by Gasteiger charge is 2.22. The number of hydrogen-bond acceptors (Lipinski definition) is 3. The lowest BCUT2D eigenvalue weighted by Gasteiger charge is -2.28. The second-order valence-corrected chi connectivity index (χ2v) is 6.30. The molecule has 1 aromatic rings. The Morgan fingerprint density at radius 2 is 2.11 bits per heavy atom. The third-order valence-electron chi connectivity index (χ3n) is 3.62. The Morgan fingerprint density at radius 1 is 1.39 bits per heavy atom. The summed E-state index contributed by atoms with van der Waals surface area (Å²) < 4.78 is 1.99. The van der Waals surface area contributed by atoms with Crippen molar-refractivity contribution in [3.63, 3.8) is 0 Å². The number of nitrogens with one attached hydrogen (secondary N) is 1. The molecule has 2 atom stereocenters. The molecule has 1 aliphatic carbocycles. The minimum atomic E-state index is -0.184. The first-order valence-electron chi connectivity index (χ1n) is 6.92. The van der Waals surface area contributed by atoms with Crippen molar-refractivity contribution < 1.29 is 5.11 Å². The highest BCUT2D eigenvalue weighted by Crippen LogP contribution is 2.19. The van der Waals surface area contributed by atoms with Gasteiger partial charge in [-0.1, -0.05) is 12.8 Å². The van der Waals surface area contributed by atoms with Crippen molar-refractivity contribution in [2.45, 2.75) is 70.7 Å². The zero-order chi connectivity index (χ0) is 13.2. The molecule has 4 nitrogen and oxygen atoms in total. The van der Waals surface area contributed by atoms with E-state index in [1.54, 1.807) is 0 Å². The highest BCUT2D eigenvalue weighted by molar-refractivity contribution is 5.05. The van der Waals surface area contributed by atoms with Gasteiger partial charge in [-0.25, -0.2) is 0 Å². The summed E-state index contributed by atoms with van der Waals surface area (Å²) in [4.78, 5) is 0. The quantitative estimate of drug-likeness (QED) is 0.864. The molecule has 0 radical (unpaired) electrons. The maximum atomic E-state index is 9.90. The smallest absolute Gasteiger partial charge is 0.0693 e. The van der Waals surface area contributed by atoms with Crippen LogP contribution in [-0.2, 0) is 12.1 Å². The van der Waals surface area contributed by atoms with Crippen LogP contribution in [0.2, 0.25) is 0 Å². The Morgan fingerprint density at radius 3 is 2.72 bits per heavy atom. The molecule has 0 aromatic carbocycles. The first kappa shape index (κ1) is 13.6. The van der Waals surface area contributed by atoms with Gasteiger partial charge in [0.15, 0.2) is 0 Å². The van der Waals surface area contributed by atoms with E-state index >= 15 is 0 Å². The summed E-state index contributed by atoms with van der Waals surface area (Å²) in [5.74, 6) is 0. The molecule has 1 aromatic heterocycles. The van der Waals surface area contributed by atoms with Gasteiger partial charge in [0.25, 0.3) is 0 Å². The van der Waals surface area contributed by atoms with E-state index in [4.69, 9.17) is 0 Å². The van der Waals surface area contributed by atoms with Gasteiger partial charge in [-0.2, -0.15) is 5.10 Å². The molecule has 1 fully saturated rings. The average Bonchev–Trinajstić information content (AvgIpc) is 2.76. The molecule has 0 bridgehead atoms. The third-order valence-corrected chi connectivity index (χ3v) is 3.62. The molecule has 4 heteroatoms. The Balaban J connectivity index is 1.88. The van der Waals surface area contributed by atoms with E-state index in [0.717, 1.165) is 25.8 Å². The molecule has 0 spiro atoms. The fourth-order valence-electron chi connectivity index (χ4n) is 2.42. The molecule has 2 N–H and O–H groups in total. The van der Waals surface area contributed by atoms with E-state index in [-0.39, 0.29) is 17.7 Å². The Labute approximate surface area is 109 Å². The van der Waals surface area contributed by atoms with Crippen LogP contribution >= 0.6 is 0 Å². The van der Waals surface area contributed by atoms with E-state index in [9.17, 15) is 5.11 Å². The summed E-state index contributed by atoms with van der Waals surface area (Å²) >= 11 is 0. The maximum Gasteiger partial charge on any atom is 0.0693 e. The predicted molar refractivity (Wildman–Crippen MR) is 72.3 cm³/mol. The van der Waals surface area contributed by atoms with Gasteiger partial charge in [0.05, 0.1) is 17.8 Å². The molecular weight excluding hydrogens is 226 g/mol. The summed E-state index contributed by atoms with van der Waals surface area (Å²) in [6.45, 7) is 7.21. The zero-order valence-corrected chi connectivity index (χ0v) is 11.7. The standard InChI is InChI=1S/C14H25N3O/c1-14(2,3)17-10-11(9-16-17)8-15-12-6-4-5-7-13(12)18/h9-10,12-13,15,18H,4-8H2,1-3H3. The van der Waals surface area contributed by atoms with E-state index in [0.29, 0.717) is 0 Å². The predicted octanol–water partition coefficient (Wildman–Crippen LogP) is 2.03. The van der Waals surface area contributed by atoms with Gasteiger partial charge in [0.2, 0.25) is 0 Å². The van der Waals surface area contributed by atoms with Gasteiger partial charge in [0.1, 0.15) is 0 Å². The van der Waals surface area contributed by atoms with Gasteiger partial charge in [-0.15, -0.1) is 0 Å². The van der Waals surface area contributed by atoms with Crippen LogP contribution in [0.1, 0.15) is 52.0 Å². The van der Waals surface area contributed by atoms with Crippen molar-refractivity contribution in [1.29, 1.82) is 0 Å². The molecule has 102 valence electrons. The summed E-state index contributed by atoms with van der Waals surface area (Å²) in [5.41, 5.74) is 1.21. The van der Waals surface area contributed by atoms with E-state index < -0.39 is 0 Å². The van der Waals surface area contributed by atoms with Crippen LogP contribution in [0.25, 0.3) is 0 Å². The Bertz CT molecular complexity index is 381. The summed E-state index contributed by atoms with van der Waals surface area (Å²) in [6, 6.07) is 0.247. The van der Waals surface area contributed by atoms with Crippen LogP contribution in [0.15, 0.2) is 12.4 Å². The van der Waals surface area contributed by atoms with Crippen molar-refractivity contribution >= 4 is 0 Å². The lowest BCUT2D eigenvalue weighted by Crippen LogP contribution is -2.41. The van der Waals surface area contributed by atoms with Gasteiger partial charge in [0, 0.05) is 24.3 Å². The van der Waals surface area contributed by atoms with Crippen molar-refractivity contribution in [3.05, 3.63) is 18.0 Å². The molecule has 1 heterocycles. The van der Waals surface area contributed by atoms with Gasteiger partial charge in [-0.3, -0.25) is 4.68 Å². The molecular formula is C14H25N3O. The van der Waals surface area contributed by atoms with E-state index in [1.807, 2.05) is 10.9 Å². The minimum Gasteiger partial charge on any atom is -0.392 e. The molecule has 1 aliphatic rings. The molecule has 0 saturated heterocycles. The van der Waals surface area contributed by atoms with Crippen LogP contribution in [0.5, 0.6) is 0 Å². The lowest BCUT2D eigenvalue weighted by atomic mass is 9.92. The number of nitrogens with zero attached hydrogens (tertiary/aromatic N) is 2. The SMILES string of the molecule is CC(C)(C)n1cc(CNC2CCCCC2O)cn1. The van der Waals surface area contributed by atoms with Gasteiger partial charge < -0.3 is 10.4 Å². The Hall–Kier alpha value is -0.870. The molecule has 0 amide bonds. The molecule has 18 heavy (non-hydrogen) atoms. The highest BCUT2D eigenvalue weighted by atomic mass is 16.3. The second kappa shape index (κ2) is 5.41. The number of rotatable bonds is 3. The van der Waals surface area contributed by atoms with Crippen molar-refractivity contribution in [2.75, 3.05) is 0 Å². The topological polar surface area (TPSA) is 50.1 Å². The fraction of sp³-hybridized carbons (Fsp3) is 0.786. The van der Waals surface area contributed by atoms with Crippen LogP contribution < -0.4 is 5.32 Å². The summed E-state index contributed by atoms with van der Waals surface area (Å²) in [6.07, 6.45) is 8.19. The van der Waals surface area contributed by atoms with Gasteiger partial charge >= 0.3 is 0 Å². The van der Waals surface area contributed by atoms with Crippen LogP contribution in [0, 0.1) is 0 Å². The second-order valence-electron chi connectivity index (χ2n) is 6.30. The average molecular weight is 251 g/mol. The van der Waals surface area contributed by atoms with Crippen LogP contribution in [0.4, 0.5) is 0 Å². The van der Waals surface area contributed by atoms with Crippen molar-refractivity contribution in [1.82, 2.24) is 15.1 Å². The first-order valence-corrected chi connectivity index (χ1v) is 6.92. The molecule has 1 saturated carbocycles. The summed E-state index contributed by atoms with van der Waals surface area (Å²) in [7, 11) is 0. The number of aliphatic hydroxyl groups excluding tert-OH is 1. The Kier molecular flexibility index (Phi) is 4.07. The molecule has 2 unspecified atom stereocenters.